The van der Waals surface area contributed by atoms with Crippen molar-refractivity contribution in [2.75, 3.05) is 31.1 Å². The molecule has 112 valence electrons. The largest absolute Gasteiger partial charge is 0.371 e. The van der Waals surface area contributed by atoms with Crippen molar-refractivity contribution in [3.63, 3.8) is 0 Å². The SMILES string of the molecule is CCCCN(CC1(CC)CCCNC1)c1ccccc1. The third kappa shape index (κ3) is 3.99. The van der Waals surface area contributed by atoms with Gasteiger partial charge in [0.2, 0.25) is 0 Å². The van der Waals surface area contributed by atoms with Crippen LogP contribution in [0.15, 0.2) is 30.3 Å². The van der Waals surface area contributed by atoms with Crippen molar-refractivity contribution in [1.82, 2.24) is 5.32 Å². The molecule has 0 aromatic heterocycles. The van der Waals surface area contributed by atoms with E-state index in [1.165, 1.54) is 64.0 Å². The first-order valence-electron chi connectivity index (χ1n) is 8.30. The lowest BCUT2D eigenvalue weighted by atomic mass is 9.77. The molecule has 1 aromatic carbocycles. The van der Waals surface area contributed by atoms with Crippen LogP contribution in [-0.4, -0.2) is 26.2 Å². The van der Waals surface area contributed by atoms with Crippen LogP contribution in [0.3, 0.4) is 0 Å². The molecule has 1 unspecified atom stereocenters. The van der Waals surface area contributed by atoms with Gasteiger partial charge in [-0.3, -0.25) is 0 Å². The van der Waals surface area contributed by atoms with E-state index in [1.54, 1.807) is 0 Å². The molecule has 0 aliphatic carbocycles. The summed E-state index contributed by atoms with van der Waals surface area (Å²) in [7, 11) is 0. The van der Waals surface area contributed by atoms with Crippen molar-refractivity contribution in [2.45, 2.75) is 46.0 Å². The number of hydrogen-bond donors (Lipinski definition) is 1. The van der Waals surface area contributed by atoms with Crippen molar-refractivity contribution < 1.29 is 0 Å². The van der Waals surface area contributed by atoms with E-state index >= 15 is 0 Å². The molecular formula is C18H30N2. The number of hydrogen-bond acceptors (Lipinski definition) is 2. The summed E-state index contributed by atoms with van der Waals surface area (Å²) in [6.07, 6.45) is 6.51. The van der Waals surface area contributed by atoms with Gasteiger partial charge in [-0.05, 0) is 44.4 Å². The van der Waals surface area contributed by atoms with Gasteiger partial charge in [0, 0.05) is 30.7 Å². The van der Waals surface area contributed by atoms with E-state index in [0.717, 1.165) is 0 Å². The van der Waals surface area contributed by atoms with Gasteiger partial charge in [-0.2, -0.15) is 0 Å². The Hall–Kier alpha value is -1.02. The van der Waals surface area contributed by atoms with E-state index in [4.69, 9.17) is 0 Å². The summed E-state index contributed by atoms with van der Waals surface area (Å²) < 4.78 is 0. The zero-order valence-electron chi connectivity index (χ0n) is 13.2. The predicted molar refractivity (Wildman–Crippen MR) is 88.4 cm³/mol. The minimum absolute atomic E-state index is 0.460. The maximum atomic E-state index is 3.61. The average Bonchev–Trinajstić information content (AvgIpc) is 2.53. The molecule has 1 aliphatic rings. The van der Waals surface area contributed by atoms with Crippen LogP contribution in [0.2, 0.25) is 0 Å². The molecule has 2 heteroatoms. The fourth-order valence-corrected chi connectivity index (χ4v) is 3.27. The molecule has 20 heavy (non-hydrogen) atoms. The Morgan fingerprint density at radius 1 is 1.20 bits per heavy atom. The lowest BCUT2D eigenvalue weighted by Crippen LogP contribution is -2.47. The Morgan fingerprint density at radius 2 is 2.00 bits per heavy atom. The van der Waals surface area contributed by atoms with Gasteiger partial charge in [-0.15, -0.1) is 0 Å². The fourth-order valence-electron chi connectivity index (χ4n) is 3.27. The molecular weight excluding hydrogens is 244 g/mol. The van der Waals surface area contributed by atoms with E-state index < -0.39 is 0 Å². The van der Waals surface area contributed by atoms with Crippen LogP contribution in [0.1, 0.15) is 46.0 Å². The smallest absolute Gasteiger partial charge is 0.0366 e. The summed E-state index contributed by atoms with van der Waals surface area (Å²) in [6, 6.07) is 10.9. The number of unbranched alkanes of at least 4 members (excludes halogenated alkanes) is 1. The van der Waals surface area contributed by atoms with E-state index in [0.29, 0.717) is 5.41 Å². The standard InChI is InChI=1S/C18H30N2/c1-3-5-14-20(17-10-7-6-8-11-17)16-18(4-2)12-9-13-19-15-18/h6-8,10-11,19H,3-5,9,12-16H2,1-2H3. The fraction of sp³-hybridized carbons (Fsp3) is 0.667. The Morgan fingerprint density at radius 3 is 2.60 bits per heavy atom. The highest BCUT2D eigenvalue weighted by Gasteiger charge is 2.32. The number of anilines is 1. The van der Waals surface area contributed by atoms with Gasteiger partial charge in [0.15, 0.2) is 0 Å². The minimum Gasteiger partial charge on any atom is -0.371 e. The first-order valence-corrected chi connectivity index (χ1v) is 8.30. The van der Waals surface area contributed by atoms with Gasteiger partial charge in [0.1, 0.15) is 0 Å². The second-order valence-electron chi connectivity index (χ2n) is 6.24. The molecule has 0 amide bonds. The Balaban J connectivity index is 2.10. The molecule has 1 heterocycles. The highest BCUT2D eigenvalue weighted by Crippen LogP contribution is 2.32. The maximum Gasteiger partial charge on any atom is 0.0366 e. The monoisotopic (exact) mass is 274 g/mol. The summed E-state index contributed by atoms with van der Waals surface area (Å²) in [5.41, 5.74) is 1.85. The zero-order valence-corrected chi connectivity index (χ0v) is 13.2. The van der Waals surface area contributed by atoms with Crippen LogP contribution in [0.5, 0.6) is 0 Å². The molecule has 0 saturated carbocycles. The summed E-state index contributed by atoms with van der Waals surface area (Å²) in [5, 5.41) is 3.61. The Labute approximate surface area is 124 Å². The van der Waals surface area contributed by atoms with Crippen LogP contribution in [-0.2, 0) is 0 Å². The molecule has 0 radical (unpaired) electrons. The third-order valence-electron chi connectivity index (χ3n) is 4.74. The minimum atomic E-state index is 0.460. The number of benzene rings is 1. The van der Waals surface area contributed by atoms with Crippen molar-refractivity contribution in [3.8, 4) is 0 Å². The van der Waals surface area contributed by atoms with Crippen molar-refractivity contribution in [1.29, 1.82) is 0 Å². The molecule has 2 nitrogen and oxygen atoms in total. The molecule has 1 atom stereocenters. The molecule has 0 spiro atoms. The normalized spacial score (nSPS) is 22.7. The molecule has 1 N–H and O–H groups in total. The van der Waals surface area contributed by atoms with E-state index in [9.17, 15) is 0 Å². The van der Waals surface area contributed by atoms with Gasteiger partial charge in [0.25, 0.3) is 0 Å². The number of rotatable bonds is 7. The molecule has 0 bridgehead atoms. The first-order chi connectivity index (χ1) is 9.79. The number of nitrogens with zero attached hydrogens (tertiary/aromatic N) is 1. The van der Waals surface area contributed by atoms with E-state index in [1.807, 2.05) is 0 Å². The molecule has 1 aromatic rings. The maximum absolute atomic E-state index is 3.61. The second kappa shape index (κ2) is 7.68. The van der Waals surface area contributed by atoms with Gasteiger partial charge in [-0.25, -0.2) is 0 Å². The highest BCUT2D eigenvalue weighted by molar-refractivity contribution is 5.46. The van der Waals surface area contributed by atoms with E-state index in [-0.39, 0.29) is 0 Å². The molecule has 1 aliphatic heterocycles. The van der Waals surface area contributed by atoms with Crippen LogP contribution in [0.4, 0.5) is 5.69 Å². The number of piperidine rings is 1. The number of nitrogens with one attached hydrogen (secondary N) is 1. The van der Waals surface area contributed by atoms with Crippen molar-refractivity contribution >= 4 is 5.69 Å². The predicted octanol–water partition coefficient (Wildman–Crippen LogP) is 4.07. The van der Waals surface area contributed by atoms with Gasteiger partial charge >= 0.3 is 0 Å². The first kappa shape index (κ1) is 15.4. The summed E-state index contributed by atoms with van der Waals surface area (Å²) >= 11 is 0. The van der Waals surface area contributed by atoms with Crippen LogP contribution >= 0.6 is 0 Å². The topological polar surface area (TPSA) is 15.3 Å². The average molecular weight is 274 g/mol. The van der Waals surface area contributed by atoms with Crippen LogP contribution in [0.25, 0.3) is 0 Å². The van der Waals surface area contributed by atoms with Gasteiger partial charge < -0.3 is 10.2 Å². The summed E-state index contributed by atoms with van der Waals surface area (Å²) in [6.45, 7) is 9.39. The quantitative estimate of drug-likeness (QED) is 0.806. The lowest BCUT2D eigenvalue weighted by Gasteiger charge is -2.42. The van der Waals surface area contributed by atoms with Gasteiger partial charge in [0.05, 0.1) is 0 Å². The second-order valence-corrected chi connectivity index (χ2v) is 6.24. The summed E-state index contributed by atoms with van der Waals surface area (Å²) in [5.74, 6) is 0. The third-order valence-corrected chi connectivity index (χ3v) is 4.74. The summed E-state index contributed by atoms with van der Waals surface area (Å²) in [4.78, 5) is 2.61. The molecule has 1 saturated heterocycles. The number of para-hydroxylation sites is 1. The van der Waals surface area contributed by atoms with Crippen molar-refractivity contribution in [2.24, 2.45) is 5.41 Å². The molecule has 1 fully saturated rings. The highest BCUT2D eigenvalue weighted by atomic mass is 15.1. The Kier molecular flexibility index (Phi) is 5.90. The van der Waals surface area contributed by atoms with Crippen LogP contribution < -0.4 is 10.2 Å². The lowest BCUT2D eigenvalue weighted by molar-refractivity contribution is 0.204. The van der Waals surface area contributed by atoms with Crippen molar-refractivity contribution in [3.05, 3.63) is 30.3 Å². The molecule has 2 rings (SSSR count). The van der Waals surface area contributed by atoms with E-state index in [2.05, 4.69) is 54.4 Å². The zero-order chi connectivity index (χ0) is 14.3. The van der Waals surface area contributed by atoms with Crippen LogP contribution in [0, 0.1) is 5.41 Å². The van der Waals surface area contributed by atoms with Gasteiger partial charge in [-0.1, -0.05) is 38.5 Å². The Bertz CT molecular complexity index is 368.